The second-order valence-electron chi connectivity index (χ2n) is 5.62. The molecule has 1 amide bonds. The van der Waals surface area contributed by atoms with E-state index >= 15 is 0 Å². The summed E-state index contributed by atoms with van der Waals surface area (Å²) in [5.74, 6) is 0.127. The molecule has 1 aromatic carbocycles. The van der Waals surface area contributed by atoms with E-state index in [2.05, 4.69) is 6.07 Å². The lowest BCUT2D eigenvalue weighted by molar-refractivity contribution is -0.136. The third kappa shape index (κ3) is 2.56. The Bertz CT molecular complexity index is 448. The third-order valence-electron chi connectivity index (χ3n) is 3.42. The van der Waals surface area contributed by atoms with Crippen LogP contribution in [0.5, 0.6) is 0 Å². The zero-order valence-corrected chi connectivity index (χ0v) is 11.3. The topological polar surface area (TPSA) is 40.5 Å². The molecule has 3 nitrogen and oxygen atoms in total. The van der Waals surface area contributed by atoms with Gasteiger partial charge in [-0.1, -0.05) is 24.3 Å². The number of hydrogen-bond acceptors (Lipinski definition) is 2. The minimum Gasteiger partial charge on any atom is -0.389 e. The van der Waals surface area contributed by atoms with Gasteiger partial charge in [0.1, 0.15) is 0 Å². The molecule has 2 rings (SSSR count). The van der Waals surface area contributed by atoms with Gasteiger partial charge in [-0.3, -0.25) is 4.79 Å². The van der Waals surface area contributed by atoms with Crippen LogP contribution in [0.15, 0.2) is 24.3 Å². The molecule has 0 spiro atoms. The number of hydrogen-bond donors (Lipinski definition) is 1. The Hall–Kier alpha value is -1.35. The molecule has 0 aromatic heterocycles. The van der Waals surface area contributed by atoms with Crippen molar-refractivity contribution in [2.24, 2.45) is 0 Å². The van der Waals surface area contributed by atoms with Gasteiger partial charge in [0.05, 0.1) is 11.5 Å². The van der Waals surface area contributed by atoms with Crippen LogP contribution in [0.25, 0.3) is 0 Å². The molecular weight excluding hydrogens is 226 g/mol. The summed E-state index contributed by atoms with van der Waals surface area (Å²) in [7, 11) is 0. The molecule has 3 heteroatoms. The predicted octanol–water partition coefficient (Wildman–Crippen LogP) is 1.95. The smallest absolute Gasteiger partial charge is 0.230 e. The molecular formula is C15H21NO2. The number of amides is 1. The minimum absolute atomic E-state index is 0.0106. The highest BCUT2D eigenvalue weighted by Gasteiger charge is 2.35. The summed E-state index contributed by atoms with van der Waals surface area (Å²) < 4.78 is 0. The number of nitrogens with zero attached hydrogens (tertiary/aromatic N) is 1. The normalized spacial score (nSPS) is 17.9. The van der Waals surface area contributed by atoms with Crippen LogP contribution in [-0.2, 0) is 11.2 Å². The van der Waals surface area contributed by atoms with E-state index in [4.69, 9.17) is 0 Å². The van der Waals surface area contributed by atoms with Crippen molar-refractivity contribution in [3.63, 3.8) is 0 Å². The number of benzene rings is 1. The summed E-state index contributed by atoms with van der Waals surface area (Å²) in [5.41, 5.74) is 1.58. The van der Waals surface area contributed by atoms with E-state index in [1.807, 2.05) is 25.1 Å². The molecule has 0 aliphatic heterocycles. The first kappa shape index (κ1) is 13.1. The highest BCUT2D eigenvalue weighted by Crippen LogP contribution is 2.36. The van der Waals surface area contributed by atoms with Gasteiger partial charge in [0.15, 0.2) is 0 Å². The summed E-state index contributed by atoms with van der Waals surface area (Å²) in [4.78, 5) is 14.2. The lowest BCUT2D eigenvalue weighted by Crippen LogP contribution is -2.46. The van der Waals surface area contributed by atoms with Crippen molar-refractivity contribution < 1.29 is 9.90 Å². The maximum Gasteiger partial charge on any atom is 0.230 e. The fraction of sp³-hybridized carbons (Fsp3) is 0.533. The third-order valence-corrected chi connectivity index (χ3v) is 3.42. The zero-order chi connectivity index (χ0) is 13.3. The van der Waals surface area contributed by atoms with Gasteiger partial charge >= 0.3 is 0 Å². The van der Waals surface area contributed by atoms with Gasteiger partial charge in [-0.2, -0.15) is 0 Å². The Kier molecular flexibility index (Phi) is 3.44. The van der Waals surface area contributed by atoms with Crippen molar-refractivity contribution >= 4 is 5.91 Å². The maximum atomic E-state index is 12.4. The zero-order valence-electron chi connectivity index (χ0n) is 11.3. The van der Waals surface area contributed by atoms with Crippen LogP contribution in [0, 0.1) is 0 Å². The second-order valence-corrected chi connectivity index (χ2v) is 5.62. The molecule has 1 aromatic rings. The van der Waals surface area contributed by atoms with Crippen molar-refractivity contribution in [2.45, 2.75) is 38.7 Å². The number of rotatable bonds is 4. The van der Waals surface area contributed by atoms with Crippen molar-refractivity contribution in [2.75, 3.05) is 13.1 Å². The van der Waals surface area contributed by atoms with Gasteiger partial charge in [-0.15, -0.1) is 0 Å². The Morgan fingerprint density at radius 3 is 2.67 bits per heavy atom. The number of carbonyl (C=O) groups is 1. The molecule has 1 aliphatic carbocycles. The SMILES string of the molecule is CCN(CC(C)(C)O)C(=O)C1Cc2ccccc21. The predicted molar refractivity (Wildman–Crippen MR) is 71.4 cm³/mol. The number of fused-ring (bicyclic) bond motifs is 1. The molecule has 0 radical (unpaired) electrons. The van der Waals surface area contributed by atoms with E-state index in [0.717, 1.165) is 12.0 Å². The lowest BCUT2D eigenvalue weighted by atomic mass is 9.76. The van der Waals surface area contributed by atoms with Gasteiger partial charge in [0.25, 0.3) is 0 Å². The molecule has 1 atom stereocenters. The molecule has 18 heavy (non-hydrogen) atoms. The van der Waals surface area contributed by atoms with Crippen LogP contribution in [0.1, 0.15) is 37.8 Å². The van der Waals surface area contributed by atoms with Crippen LogP contribution in [0.3, 0.4) is 0 Å². The Morgan fingerprint density at radius 2 is 2.11 bits per heavy atom. The monoisotopic (exact) mass is 247 g/mol. The van der Waals surface area contributed by atoms with Crippen LogP contribution in [0.2, 0.25) is 0 Å². The van der Waals surface area contributed by atoms with Gasteiger partial charge in [0.2, 0.25) is 5.91 Å². The molecule has 1 aliphatic rings. The first-order valence-corrected chi connectivity index (χ1v) is 6.51. The van der Waals surface area contributed by atoms with Gasteiger partial charge < -0.3 is 10.0 Å². The number of likely N-dealkylation sites (N-methyl/N-ethyl adjacent to an activating group) is 1. The van der Waals surface area contributed by atoms with E-state index < -0.39 is 5.60 Å². The second kappa shape index (κ2) is 4.73. The van der Waals surface area contributed by atoms with E-state index in [9.17, 15) is 9.90 Å². The molecule has 0 saturated heterocycles. The number of aliphatic hydroxyl groups is 1. The fourth-order valence-electron chi connectivity index (χ4n) is 2.51. The summed E-state index contributed by atoms with van der Waals surface area (Å²) >= 11 is 0. The van der Waals surface area contributed by atoms with Gasteiger partial charge in [-0.25, -0.2) is 0 Å². The summed E-state index contributed by atoms with van der Waals surface area (Å²) in [5, 5.41) is 9.84. The number of carbonyl (C=O) groups excluding carboxylic acids is 1. The summed E-state index contributed by atoms with van der Waals surface area (Å²) in [6.45, 7) is 6.45. The summed E-state index contributed by atoms with van der Waals surface area (Å²) in [6, 6.07) is 8.09. The van der Waals surface area contributed by atoms with Gasteiger partial charge in [-0.05, 0) is 38.3 Å². The maximum absolute atomic E-state index is 12.4. The fourth-order valence-corrected chi connectivity index (χ4v) is 2.51. The van der Waals surface area contributed by atoms with Crippen molar-refractivity contribution in [3.8, 4) is 0 Å². The van der Waals surface area contributed by atoms with Crippen molar-refractivity contribution in [3.05, 3.63) is 35.4 Å². The molecule has 0 fully saturated rings. The Labute approximate surface area is 108 Å². The average Bonchev–Trinajstić information content (AvgIpc) is 2.26. The molecule has 0 bridgehead atoms. The highest BCUT2D eigenvalue weighted by atomic mass is 16.3. The first-order valence-electron chi connectivity index (χ1n) is 6.51. The van der Waals surface area contributed by atoms with E-state index in [-0.39, 0.29) is 11.8 Å². The van der Waals surface area contributed by atoms with Crippen LogP contribution >= 0.6 is 0 Å². The van der Waals surface area contributed by atoms with E-state index in [0.29, 0.717) is 13.1 Å². The van der Waals surface area contributed by atoms with Crippen LogP contribution < -0.4 is 0 Å². The molecule has 1 N–H and O–H groups in total. The molecule has 1 unspecified atom stereocenters. The standard InChI is InChI=1S/C15H21NO2/c1-4-16(10-15(2,3)18)14(17)13-9-11-7-5-6-8-12(11)13/h5-8,13,18H,4,9-10H2,1-3H3. The van der Waals surface area contributed by atoms with E-state index in [1.54, 1.807) is 18.7 Å². The Balaban J connectivity index is 2.09. The van der Waals surface area contributed by atoms with Crippen molar-refractivity contribution in [1.82, 2.24) is 4.90 Å². The lowest BCUT2D eigenvalue weighted by Gasteiger charge is -2.35. The molecule has 0 heterocycles. The quantitative estimate of drug-likeness (QED) is 0.883. The van der Waals surface area contributed by atoms with Crippen LogP contribution in [-0.4, -0.2) is 34.6 Å². The van der Waals surface area contributed by atoms with Gasteiger partial charge in [0, 0.05) is 13.1 Å². The Morgan fingerprint density at radius 1 is 1.44 bits per heavy atom. The summed E-state index contributed by atoms with van der Waals surface area (Å²) in [6.07, 6.45) is 0.831. The average molecular weight is 247 g/mol. The van der Waals surface area contributed by atoms with Crippen molar-refractivity contribution in [1.29, 1.82) is 0 Å². The largest absolute Gasteiger partial charge is 0.389 e. The van der Waals surface area contributed by atoms with Crippen LogP contribution in [0.4, 0.5) is 0 Å². The molecule has 0 saturated carbocycles. The molecule has 98 valence electrons. The van der Waals surface area contributed by atoms with E-state index in [1.165, 1.54) is 5.56 Å². The first-order chi connectivity index (χ1) is 8.42. The minimum atomic E-state index is -0.838. The highest BCUT2D eigenvalue weighted by molar-refractivity contribution is 5.87.